The number of amides is 2. The predicted octanol–water partition coefficient (Wildman–Crippen LogP) is 3.98. The number of nitrogens with zero attached hydrogens (tertiary/aromatic N) is 2. The van der Waals surface area contributed by atoms with E-state index >= 15 is 0 Å². The smallest absolute Gasteiger partial charge is 0.325 e. The van der Waals surface area contributed by atoms with Crippen LogP contribution < -0.4 is 15.0 Å². The van der Waals surface area contributed by atoms with E-state index in [0.29, 0.717) is 17.7 Å². The maximum absolute atomic E-state index is 12.8. The van der Waals surface area contributed by atoms with E-state index < -0.39 is 10.6 Å². The summed E-state index contributed by atoms with van der Waals surface area (Å²) in [7, 11) is 0. The molecule has 7 heteroatoms. The number of non-ortho nitro benzene ring substituents is 1. The third-order valence-corrected chi connectivity index (χ3v) is 5.21. The highest BCUT2D eigenvalue weighted by atomic mass is 16.6. The maximum atomic E-state index is 12.8. The van der Waals surface area contributed by atoms with Crippen molar-refractivity contribution in [1.29, 1.82) is 0 Å². The van der Waals surface area contributed by atoms with Crippen molar-refractivity contribution in [1.82, 2.24) is 5.32 Å². The highest BCUT2D eigenvalue weighted by molar-refractivity contribution is 5.95. The van der Waals surface area contributed by atoms with Crippen molar-refractivity contribution < 1.29 is 14.5 Å². The fraction of sp³-hybridized carbons (Fsp3) is 0.316. The molecule has 134 valence electrons. The molecule has 2 atom stereocenters. The zero-order valence-corrected chi connectivity index (χ0v) is 14.8. The van der Waals surface area contributed by atoms with Gasteiger partial charge in [0.15, 0.2) is 5.72 Å². The van der Waals surface area contributed by atoms with E-state index in [1.54, 1.807) is 11.0 Å². The van der Waals surface area contributed by atoms with E-state index in [1.165, 1.54) is 12.1 Å². The Morgan fingerprint density at radius 2 is 2.00 bits per heavy atom. The lowest BCUT2D eigenvalue weighted by molar-refractivity contribution is -0.385. The third-order valence-electron chi connectivity index (χ3n) is 5.21. The highest BCUT2D eigenvalue weighted by Gasteiger charge is 2.50. The van der Waals surface area contributed by atoms with Gasteiger partial charge < -0.3 is 10.1 Å². The number of rotatable bonds is 2. The van der Waals surface area contributed by atoms with Gasteiger partial charge in [-0.05, 0) is 50.1 Å². The summed E-state index contributed by atoms with van der Waals surface area (Å²) in [5, 5.41) is 14.0. The van der Waals surface area contributed by atoms with Crippen molar-refractivity contribution >= 4 is 17.4 Å². The van der Waals surface area contributed by atoms with Crippen LogP contribution in [0, 0.1) is 24.0 Å². The van der Waals surface area contributed by atoms with Gasteiger partial charge in [0.1, 0.15) is 5.75 Å². The van der Waals surface area contributed by atoms with Crippen LogP contribution in [-0.4, -0.2) is 16.7 Å². The molecule has 1 N–H and O–H groups in total. The topological polar surface area (TPSA) is 84.7 Å². The number of hydrogen-bond acceptors (Lipinski definition) is 4. The van der Waals surface area contributed by atoms with Gasteiger partial charge in [0, 0.05) is 29.8 Å². The van der Waals surface area contributed by atoms with Crippen molar-refractivity contribution in [3.8, 4) is 5.75 Å². The largest absolute Gasteiger partial charge is 0.467 e. The van der Waals surface area contributed by atoms with Gasteiger partial charge in [0.25, 0.3) is 5.69 Å². The number of aryl methyl sites for hydroxylation is 2. The molecular weight excluding hydrogens is 334 g/mol. The summed E-state index contributed by atoms with van der Waals surface area (Å²) in [5.41, 5.74) is 2.77. The minimum absolute atomic E-state index is 0.0122. The quantitative estimate of drug-likeness (QED) is 0.654. The standard InChI is InChI=1S/C19H19N3O4/c1-11-4-5-13(8-12(11)2)21-18(23)20-16-10-19(21,3)26-17-7-6-14(22(24)25)9-15(16)17/h4-9,16H,10H2,1-3H3,(H,20,23)/t16-,19+/m1/s1. The van der Waals surface area contributed by atoms with Crippen LogP contribution in [0.1, 0.15) is 36.1 Å². The van der Waals surface area contributed by atoms with Crippen LogP contribution in [0.25, 0.3) is 0 Å². The molecule has 2 amide bonds. The van der Waals surface area contributed by atoms with Crippen LogP contribution >= 0.6 is 0 Å². The molecule has 0 spiro atoms. The Morgan fingerprint density at radius 1 is 1.23 bits per heavy atom. The second-order valence-electron chi connectivity index (χ2n) is 7.07. The molecule has 1 fully saturated rings. The zero-order valence-electron chi connectivity index (χ0n) is 14.8. The molecule has 0 aromatic heterocycles. The Hall–Kier alpha value is -3.09. The van der Waals surface area contributed by atoms with Gasteiger partial charge in [0.05, 0.1) is 11.0 Å². The van der Waals surface area contributed by atoms with E-state index in [9.17, 15) is 14.9 Å². The molecule has 0 saturated carbocycles. The van der Waals surface area contributed by atoms with Crippen molar-refractivity contribution in [3.63, 3.8) is 0 Å². The van der Waals surface area contributed by atoms with Gasteiger partial charge >= 0.3 is 6.03 Å². The molecule has 2 bridgehead atoms. The molecule has 1 saturated heterocycles. The first kappa shape index (κ1) is 16.4. The molecule has 2 heterocycles. The average Bonchev–Trinajstić information content (AvgIpc) is 2.57. The number of benzene rings is 2. The van der Waals surface area contributed by atoms with Crippen LogP contribution in [0.15, 0.2) is 36.4 Å². The Bertz CT molecular complexity index is 942. The summed E-state index contributed by atoms with van der Waals surface area (Å²) in [4.78, 5) is 25.1. The Labute approximate surface area is 150 Å². The Morgan fingerprint density at radius 3 is 2.69 bits per heavy atom. The van der Waals surface area contributed by atoms with Crippen molar-refractivity contribution in [3.05, 3.63) is 63.2 Å². The van der Waals surface area contributed by atoms with Crippen LogP contribution in [0.4, 0.5) is 16.2 Å². The second-order valence-corrected chi connectivity index (χ2v) is 7.07. The van der Waals surface area contributed by atoms with Gasteiger partial charge in [0.2, 0.25) is 0 Å². The molecule has 0 aliphatic carbocycles. The minimum Gasteiger partial charge on any atom is -0.467 e. The van der Waals surface area contributed by atoms with Crippen molar-refractivity contribution in [2.24, 2.45) is 0 Å². The van der Waals surface area contributed by atoms with E-state index in [4.69, 9.17) is 4.74 Å². The highest BCUT2D eigenvalue weighted by Crippen LogP contribution is 2.46. The normalized spacial score (nSPS) is 23.7. The number of nitro benzene ring substituents is 1. The number of carbonyl (C=O) groups excluding carboxylic acids is 1. The average molecular weight is 353 g/mol. The first-order valence-corrected chi connectivity index (χ1v) is 8.44. The number of carbonyl (C=O) groups is 1. The van der Waals surface area contributed by atoms with E-state index in [1.807, 2.05) is 39.0 Å². The molecule has 0 radical (unpaired) electrons. The fourth-order valence-electron chi connectivity index (χ4n) is 3.73. The van der Waals surface area contributed by atoms with Gasteiger partial charge in [-0.3, -0.25) is 15.0 Å². The number of nitro groups is 1. The Kier molecular flexibility index (Phi) is 3.44. The monoisotopic (exact) mass is 353 g/mol. The van der Waals surface area contributed by atoms with Gasteiger partial charge in [-0.2, -0.15) is 0 Å². The van der Waals surface area contributed by atoms with Crippen LogP contribution in [0.2, 0.25) is 0 Å². The van der Waals surface area contributed by atoms with Crippen molar-refractivity contribution in [2.75, 3.05) is 4.90 Å². The molecule has 0 unspecified atom stereocenters. The number of urea groups is 1. The van der Waals surface area contributed by atoms with Crippen molar-refractivity contribution in [2.45, 2.75) is 39.0 Å². The molecular formula is C19H19N3O4. The summed E-state index contributed by atoms with van der Waals surface area (Å²) in [6.45, 7) is 5.90. The molecule has 2 aliphatic heterocycles. The minimum atomic E-state index is -0.863. The molecule has 26 heavy (non-hydrogen) atoms. The molecule has 4 rings (SSSR count). The molecule has 2 aromatic carbocycles. The number of hydrogen-bond donors (Lipinski definition) is 1. The lowest BCUT2D eigenvalue weighted by Gasteiger charge is -2.50. The summed E-state index contributed by atoms with van der Waals surface area (Å²) in [6.07, 6.45) is 0.500. The van der Waals surface area contributed by atoms with Crippen LogP contribution in [-0.2, 0) is 0 Å². The molecule has 7 nitrogen and oxygen atoms in total. The van der Waals surface area contributed by atoms with E-state index in [0.717, 1.165) is 16.8 Å². The Balaban J connectivity index is 1.78. The van der Waals surface area contributed by atoms with Gasteiger partial charge in [-0.1, -0.05) is 6.07 Å². The zero-order chi connectivity index (χ0) is 18.6. The number of fused-ring (bicyclic) bond motifs is 4. The third kappa shape index (κ3) is 2.39. The van der Waals surface area contributed by atoms with Gasteiger partial charge in [-0.15, -0.1) is 0 Å². The first-order valence-electron chi connectivity index (χ1n) is 8.44. The number of ether oxygens (including phenoxy) is 1. The summed E-state index contributed by atoms with van der Waals surface area (Å²) in [5.74, 6) is 0.559. The predicted molar refractivity (Wildman–Crippen MR) is 96.4 cm³/mol. The first-order chi connectivity index (χ1) is 12.3. The van der Waals surface area contributed by atoms with Crippen LogP contribution in [0.5, 0.6) is 5.75 Å². The maximum Gasteiger partial charge on any atom is 0.325 e. The summed E-state index contributed by atoms with van der Waals surface area (Å²) >= 11 is 0. The molecule has 2 aliphatic rings. The van der Waals surface area contributed by atoms with Gasteiger partial charge in [-0.25, -0.2) is 4.79 Å². The SMILES string of the molecule is Cc1ccc(N2C(=O)N[C@@H]3C[C@]2(C)Oc2ccc([N+](=O)[O-])cc23)cc1C. The lowest BCUT2D eigenvalue weighted by Crippen LogP contribution is -2.65. The summed E-state index contributed by atoms with van der Waals surface area (Å²) < 4.78 is 6.18. The fourth-order valence-corrected chi connectivity index (χ4v) is 3.73. The second kappa shape index (κ2) is 5.45. The molecule has 2 aromatic rings. The number of nitrogens with one attached hydrogen (secondary N) is 1. The number of anilines is 1. The van der Waals surface area contributed by atoms with E-state index in [2.05, 4.69) is 5.32 Å². The van der Waals surface area contributed by atoms with Crippen LogP contribution in [0.3, 0.4) is 0 Å². The lowest BCUT2D eigenvalue weighted by atomic mass is 9.89. The summed E-state index contributed by atoms with van der Waals surface area (Å²) in [6, 6.07) is 9.76. The van der Waals surface area contributed by atoms with E-state index in [-0.39, 0.29) is 17.8 Å².